The van der Waals surface area contributed by atoms with Crippen LogP contribution < -0.4 is 15.2 Å². The van der Waals surface area contributed by atoms with Gasteiger partial charge >= 0.3 is 0 Å². The molecular weight excluding hydrogens is 254 g/mol. The fourth-order valence-corrected chi connectivity index (χ4v) is 1.92. The van der Waals surface area contributed by atoms with Gasteiger partial charge in [-0.1, -0.05) is 18.2 Å². The quantitative estimate of drug-likeness (QED) is 0.878. The van der Waals surface area contributed by atoms with Gasteiger partial charge in [0.25, 0.3) is 0 Å². The van der Waals surface area contributed by atoms with Crippen LogP contribution in [0.5, 0.6) is 17.2 Å². The van der Waals surface area contributed by atoms with E-state index in [0.29, 0.717) is 18.9 Å². The van der Waals surface area contributed by atoms with Crippen LogP contribution in [-0.4, -0.2) is 14.2 Å². The van der Waals surface area contributed by atoms with Crippen molar-refractivity contribution < 1.29 is 14.2 Å². The average Bonchev–Trinajstić information content (AvgIpc) is 2.48. The highest BCUT2D eigenvalue weighted by atomic mass is 16.5. The summed E-state index contributed by atoms with van der Waals surface area (Å²) in [7, 11) is 3.29. The Morgan fingerprint density at radius 1 is 1.00 bits per heavy atom. The summed E-state index contributed by atoms with van der Waals surface area (Å²) in [6.45, 7) is 0.968. The lowest BCUT2D eigenvalue weighted by molar-refractivity contribution is 0.184. The van der Waals surface area contributed by atoms with Crippen LogP contribution in [0.1, 0.15) is 11.1 Å². The molecule has 2 aromatic rings. The molecule has 0 aliphatic heterocycles. The summed E-state index contributed by atoms with van der Waals surface area (Å²) in [5.74, 6) is 2.20. The summed E-state index contributed by atoms with van der Waals surface area (Å²) < 4.78 is 16.2. The first kappa shape index (κ1) is 14.4. The predicted octanol–water partition coefficient (Wildman–Crippen LogP) is 3.09. The van der Waals surface area contributed by atoms with Crippen LogP contribution in [0.4, 0.5) is 0 Å². The lowest BCUT2D eigenvalue weighted by Gasteiger charge is -2.12. The van der Waals surface area contributed by atoms with Gasteiger partial charge in [-0.15, -0.1) is 0 Å². The largest absolute Gasteiger partial charge is 0.497 e. The molecular formula is C16H19NO3. The van der Waals surface area contributed by atoms with Crippen LogP contribution in [0.3, 0.4) is 0 Å². The molecule has 20 heavy (non-hydrogen) atoms. The molecule has 0 amide bonds. The van der Waals surface area contributed by atoms with Crippen molar-refractivity contribution in [3.05, 3.63) is 53.6 Å². The Kier molecular flexibility index (Phi) is 4.98. The van der Waals surface area contributed by atoms with Gasteiger partial charge in [-0.25, -0.2) is 0 Å². The molecule has 0 aromatic heterocycles. The van der Waals surface area contributed by atoms with Gasteiger partial charge in [-0.3, -0.25) is 0 Å². The normalized spacial score (nSPS) is 10.3. The van der Waals surface area contributed by atoms with Crippen molar-refractivity contribution in [3.8, 4) is 17.2 Å². The lowest BCUT2D eigenvalue weighted by Crippen LogP contribution is -2.00. The highest BCUT2D eigenvalue weighted by Gasteiger charge is 2.06. The Morgan fingerprint density at radius 2 is 1.85 bits per heavy atom. The molecule has 0 spiro atoms. The van der Waals surface area contributed by atoms with E-state index in [9.17, 15) is 0 Å². The summed E-state index contributed by atoms with van der Waals surface area (Å²) in [6.07, 6.45) is 0. The fourth-order valence-electron chi connectivity index (χ4n) is 1.92. The van der Waals surface area contributed by atoms with Gasteiger partial charge < -0.3 is 19.9 Å². The Morgan fingerprint density at radius 3 is 2.55 bits per heavy atom. The number of nitrogens with two attached hydrogens (primary N) is 1. The molecule has 0 saturated carbocycles. The Bertz CT molecular complexity index is 569. The number of hydrogen-bond donors (Lipinski definition) is 1. The molecule has 0 heterocycles. The van der Waals surface area contributed by atoms with Gasteiger partial charge in [0.2, 0.25) is 0 Å². The zero-order valence-corrected chi connectivity index (χ0v) is 11.8. The van der Waals surface area contributed by atoms with Crippen LogP contribution in [0.15, 0.2) is 42.5 Å². The molecule has 0 saturated heterocycles. The third kappa shape index (κ3) is 3.50. The second-order valence-corrected chi connectivity index (χ2v) is 4.36. The van der Waals surface area contributed by atoms with E-state index >= 15 is 0 Å². The third-order valence-corrected chi connectivity index (χ3v) is 2.93. The topological polar surface area (TPSA) is 53.7 Å². The summed E-state index contributed by atoms with van der Waals surface area (Å²) in [6, 6.07) is 13.4. The summed E-state index contributed by atoms with van der Waals surface area (Å²) in [5.41, 5.74) is 7.72. The standard InChI is InChI=1S/C16H19NO3/c1-18-11-12-4-3-5-15(8-12)20-16-9-14(19-2)7-6-13(16)10-17/h3-9H,10-11,17H2,1-2H3. The molecule has 0 aliphatic carbocycles. The minimum atomic E-state index is 0.414. The first-order chi connectivity index (χ1) is 9.76. The van der Waals surface area contributed by atoms with Crippen molar-refractivity contribution in [2.45, 2.75) is 13.2 Å². The number of methoxy groups -OCH3 is 2. The molecule has 4 heteroatoms. The zero-order chi connectivity index (χ0) is 14.4. The second kappa shape index (κ2) is 6.93. The molecule has 4 nitrogen and oxygen atoms in total. The van der Waals surface area contributed by atoms with E-state index < -0.39 is 0 Å². The van der Waals surface area contributed by atoms with Gasteiger partial charge in [-0.2, -0.15) is 0 Å². The molecule has 2 aromatic carbocycles. The fraction of sp³-hybridized carbons (Fsp3) is 0.250. The minimum Gasteiger partial charge on any atom is -0.497 e. The highest BCUT2D eigenvalue weighted by molar-refractivity contribution is 5.43. The van der Waals surface area contributed by atoms with E-state index in [1.54, 1.807) is 14.2 Å². The van der Waals surface area contributed by atoms with Gasteiger partial charge in [0.15, 0.2) is 0 Å². The van der Waals surface area contributed by atoms with Crippen molar-refractivity contribution >= 4 is 0 Å². The SMILES string of the molecule is COCc1cccc(Oc2cc(OC)ccc2CN)c1. The van der Waals surface area contributed by atoms with Crippen LogP contribution >= 0.6 is 0 Å². The average molecular weight is 273 g/mol. The maximum atomic E-state index is 5.91. The van der Waals surface area contributed by atoms with Crippen molar-refractivity contribution in [3.63, 3.8) is 0 Å². The summed E-state index contributed by atoms with van der Waals surface area (Å²) in [5, 5.41) is 0. The van der Waals surface area contributed by atoms with Gasteiger partial charge in [0.1, 0.15) is 17.2 Å². The first-order valence-corrected chi connectivity index (χ1v) is 6.39. The van der Waals surface area contributed by atoms with Gasteiger partial charge in [0.05, 0.1) is 13.7 Å². The Balaban J connectivity index is 2.26. The summed E-state index contributed by atoms with van der Waals surface area (Å²) in [4.78, 5) is 0. The third-order valence-electron chi connectivity index (χ3n) is 2.93. The van der Waals surface area contributed by atoms with Crippen LogP contribution in [0.25, 0.3) is 0 Å². The maximum absolute atomic E-state index is 5.91. The molecule has 2 N–H and O–H groups in total. The molecule has 0 fully saturated rings. The first-order valence-electron chi connectivity index (χ1n) is 6.39. The van der Waals surface area contributed by atoms with E-state index in [4.69, 9.17) is 19.9 Å². The molecule has 2 rings (SSSR count). The Hall–Kier alpha value is -2.04. The molecule has 0 atom stereocenters. The lowest BCUT2D eigenvalue weighted by atomic mass is 10.2. The highest BCUT2D eigenvalue weighted by Crippen LogP contribution is 2.29. The van der Waals surface area contributed by atoms with Gasteiger partial charge in [0, 0.05) is 25.3 Å². The number of ether oxygens (including phenoxy) is 3. The molecule has 0 radical (unpaired) electrons. The maximum Gasteiger partial charge on any atom is 0.135 e. The van der Waals surface area contributed by atoms with Crippen LogP contribution in [0, 0.1) is 0 Å². The molecule has 106 valence electrons. The number of rotatable bonds is 6. The zero-order valence-electron chi connectivity index (χ0n) is 11.8. The van der Waals surface area contributed by atoms with Crippen molar-refractivity contribution in [1.82, 2.24) is 0 Å². The van der Waals surface area contributed by atoms with Crippen molar-refractivity contribution in [1.29, 1.82) is 0 Å². The van der Waals surface area contributed by atoms with E-state index in [1.165, 1.54) is 0 Å². The van der Waals surface area contributed by atoms with Crippen LogP contribution in [-0.2, 0) is 17.9 Å². The monoisotopic (exact) mass is 273 g/mol. The second-order valence-electron chi connectivity index (χ2n) is 4.36. The van der Waals surface area contributed by atoms with Crippen molar-refractivity contribution in [2.24, 2.45) is 5.73 Å². The van der Waals surface area contributed by atoms with E-state index in [0.717, 1.165) is 22.6 Å². The van der Waals surface area contributed by atoms with E-state index in [1.807, 2.05) is 42.5 Å². The van der Waals surface area contributed by atoms with Crippen molar-refractivity contribution in [2.75, 3.05) is 14.2 Å². The molecule has 0 unspecified atom stereocenters. The minimum absolute atomic E-state index is 0.414. The smallest absolute Gasteiger partial charge is 0.135 e. The summed E-state index contributed by atoms with van der Waals surface area (Å²) >= 11 is 0. The van der Waals surface area contributed by atoms with E-state index in [-0.39, 0.29) is 0 Å². The molecule has 0 bridgehead atoms. The van der Waals surface area contributed by atoms with Gasteiger partial charge in [-0.05, 0) is 23.8 Å². The van der Waals surface area contributed by atoms with E-state index in [2.05, 4.69) is 0 Å². The predicted molar refractivity (Wildman–Crippen MR) is 78.1 cm³/mol. The number of hydrogen-bond acceptors (Lipinski definition) is 4. The van der Waals surface area contributed by atoms with Crippen LogP contribution in [0.2, 0.25) is 0 Å². The Labute approximate surface area is 119 Å². The molecule has 0 aliphatic rings. The number of benzene rings is 2.